The van der Waals surface area contributed by atoms with E-state index >= 15 is 0 Å². The van der Waals surface area contributed by atoms with Crippen LogP contribution < -0.4 is 0 Å². The van der Waals surface area contributed by atoms with Gasteiger partial charge in [0.05, 0.1) is 36.3 Å². The number of aromatic nitrogens is 1. The summed E-state index contributed by atoms with van der Waals surface area (Å²) in [5, 5.41) is 0. The summed E-state index contributed by atoms with van der Waals surface area (Å²) in [6.07, 6.45) is 5.47. The van der Waals surface area contributed by atoms with Crippen molar-refractivity contribution in [1.29, 1.82) is 0 Å². The molecular weight excluding hydrogens is 330 g/mol. The first kappa shape index (κ1) is 17.2. The van der Waals surface area contributed by atoms with Crippen LogP contribution in [0.25, 0.3) is 0 Å². The monoisotopic (exact) mass is 355 g/mol. The molecule has 26 heavy (non-hydrogen) atoms. The summed E-state index contributed by atoms with van der Waals surface area (Å²) in [7, 11) is 0. The maximum absolute atomic E-state index is 12.9. The van der Waals surface area contributed by atoms with Crippen LogP contribution in [0.3, 0.4) is 0 Å². The second-order valence-corrected chi connectivity index (χ2v) is 7.28. The van der Waals surface area contributed by atoms with Crippen LogP contribution in [0.4, 0.5) is 0 Å². The molecule has 2 fully saturated rings. The summed E-state index contributed by atoms with van der Waals surface area (Å²) in [5.74, 6) is 0.719. The zero-order chi connectivity index (χ0) is 18.0. The van der Waals surface area contributed by atoms with Crippen LogP contribution in [-0.4, -0.2) is 59.1 Å². The average molecular weight is 355 g/mol. The van der Waals surface area contributed by atoms with Crippen molar-refractivity contribution in [1.82, 2.24) is 14.8 Å². The molecule has 2 saturated heterocycles. The summed E-state index contributed by atoms with van der Waals surface area (Å²) in [6.45, 7) is 6.37. The third-order valence-corrected chi connectivity index (χ3v) is 5.36. The van der Waals surface area contributed by atoms with Gasteiger partial charge >= 0.3 is 0 Å². The summed E-state index contributed by atoms with van der Waals surface area (Å²) in [4.78, 5) is 21.6. The molecule has 1 spiro atoms. The van der Waals surface area contributed by atoms with Gasteiger partial charge in [-0.25, -0.2) is 0 Å². The molecule has 4 rings (SSSR count). The summed E-state index contributed by atoms with van der Waals surface area (Å²) in [6, 6.07) is 7.77. The van der Waals surface area contributed by atoms with Gasteiger partial charge in [-0.3, -0.25) is 14.7 Å². The van der Waals surface area contributed by atoms with Gasteiger partial charge in [0.25, 0.3) is 5.91 Å². The molecule has 1 atom stereocenters. The molecule has 2 aromatic heterocycles. The van der Waals surface area contributed by atoms with E-state index in [0.717, 1.165) is 38.2 Å². The number of pyridine rings is 1. The molecule has 0 radical (unpaired) electrons. The molecule has 0 N–H and O–H groups in total. The Morgan fingerprint density at radius 1 is 1.27 bits per heavy atom. The van der Waals surface area contributed by atoms with Crippen LogP contribution in [0.15, 0.2) is 41.1 Å². The van der Waals surface area contributed by atoms with E-state index in [-0.39, 0.29) is 11.5 Å². The normalized spacial score (nSPS) is 24.1. The molecule has 2 aromatic rings. The number of rotatable bonds is 3. The van der Waals surface area contributed by atoms with Crippen LogP contribution >= 0.6 is 0 Å². The number of aryl methyl sites for hydroxylation is 1. The van der Waals surface area contributed by atoms with Crippen molar-refractivity contribution in [2.75, 3.05) is 32.8 Å². The van der Waals surface area contributed by atoms with Crippen LogP contribution in [0.2, 0.25) is 0 Å². The third kappa shape index (κ3) is 3.52. The van der Waals surface area contributed by atoms with Crippen molar-refractivity contribution >= 4 is 5.91 Å². The van der Waals surface area contributed by atoms with Crippen molar-refractivity contribution < 1.29 is 13.9 Å². The highest BCUT2D eigenvalue weighted by molar-refractivity contribution is 5.95. The van der Waals surface area contributed by atoms with Crippen molar-refractivity contribution in [2.45, 2.75) is 31.9 Å². The summed E-state index contributed by atoms with van der Waals surface area (Å²) >= 11 is 0. The predicted octanol–water partition coefficient (Wildman–Crippen LogP) is 2.49. The number of carbonyl (C=O) groups is 1. The van der Waals surface area contributed by atoms with Gasteiger partial charge in [0.1, 0.15) is 5.76 Å². The maximum atomic E-state index is 12.9. The maximum Gasteiger partial charge on any atom is 0.257 e. The van der Waals surface area contributed by atoms with Gasteiger partial charge in [-0.1, -0.05) is 6.07 Å². The number of hydrogen-bond acceptors (Lipinski definition) is 5. The number of hydrogen-bond donors (Lipinski definition) is 0. The first-order chi connectivity index (χ1) is 12.7. The highest BCUT2D eigenvalue weighted by Gasteiger charge is 2.42. The van der Waals surface area contributed by atoms with Crippen molar-refractivity contribution in [3.63, 3.8) is 0 Å². The van der Waals surface area contributed by atoms with E-state index in [0.29, 0.717) is 31.0 Å². The van der Waals surface area contributed by atoms with Gasteiger partial charge in [0, 0.05) is 25.8 Å². The van der Waals surface area contributed by atoms with Crippen molar-refractivity contribution in [2.24, 2.45) is 0 Å². The molecule has 138 valence electrons. The van der Waals surface area contributed by atoms with Crippen LogP contribution in [0, 0.1) is 6.92 Å². The fourth-order valence-corrected chi connectivity index (χ4v) is 4.09. The van der Waals surface area contributed by atoms with Gasteiger partial charge in [0.2, 0.25) is 0 Å². The van der Waals surface area contributed by atoms with Crippen LogP contribution in [0.5, 0.6) is 0 Å². The van der Waals surface area contributed by atoms with Gasteiger partial charge in [0.15, 0.2) is 0 Å². The van der Waals surface area contributed by atoms with E-state index in [2.05, 4.69) is 16.0 Å². The quantitative estimate of drug-likeness (QED) is 0.847. The SMILES string of the molecule is Cc1occc1C(=O)N1CCOC2(CCCN(Cc3ccccn3)C2)C1. The van der Waals surface area contributed by atoms with Crippen molar-refractivity contribution in [3.05, 3.63) is 53.7 Å². The molecule has 1 unspecified atom stereocenters. The van der Waals surface area contributed by atoms with Crippen LogP contribution in [-0.2, 0) is 11.3 Å². The molecule has 4 heterocycles. The number of amides is 1. The zero-order valence-electron chi connectivity index (χ0n) is 15.2. The second kappa shape index (κ2) is 7.21. The lowest BCUT2D eigenvalue weighted by Crippen LogP contribution is -2.60. The summed E-state index contributed by atoms with van der Waals surface area (Å²) in [5.41, 5.74) is 1.45. The van der Waals surface area contributed by atoms with E-state index in [9.17, 15) is 4.79 Å². The molecule has 1 amide bonds. The topological polar surface area (TPSA) is 58.8 Å². The number of carbonyl (C=O) groups excluding carboxylic acids is 1. The Kier molecular flexibility index (Phi) is 4.78. The number of morpholine rings is 1. The Balaban J connectivity index is 1.45. The molecular formula is C20H25N3O3. The van der Waals surface area contributed by atoms with E-state index in [1.807, 2.05) is 30.2 Å². The van der Waals surface area contributed by atoms with Crippen molar-refractivity contribution in [3.8, 4) is 0 Å². The lowest BCUT2D eigenvalue weighted by molar-refractivity contribution is -0.133. The molecule has 6 nitrogen and oxygen atoms in total. The Labute approximate surface area is 153 Å². The Bertz CT molecular complexity index is 757. The standard InChI is InChI=1S/C20H25N3O3/c1-16-18(6-11-25-16)19(24)23-10-12-26-20(15-23)7-4-9-22(14-20)13-17-5-2-3-8-21-17/h2-3,5-6,8,11H,4,7,9-10,12-15H2,1H3. The second-order valence-electron chi connectivity index (χ2n) is 7.28. The minimum Gasteiger partial charge on any atom is -0.469 e. The highest BCUT2D eigenvalue weighted by Crippen LogP contribution is 2.30. The van der Waals surface area contributed by atoms with E-state index in [4.69, 9.17) is 9.15 Å². The lowest BCUT2D eigenvalue weighted by atomic mass is 9.90. The summed E-state index contributed by atoms with van der Waals surface area (Å²) < 4.78 is 11.5. The predicted molar refractivity (Wildman–Crippen MR) is 96.8 cm³/mol. The fourth-order valence-electron chi connectivity index (χ4n) is 4.09. The molecule has 2 aliphatic rings. The fraction of sp³-hybridized carbons (Fsp3) is 0.500. The molecule has 0 saturated carbocycles. The Morgan fingerprint density at radius 2 is 2.19 bits per heavy atom. The minimum absolute atomic E-state index is 0.0424. The highest BCUT2D eigenvalue weighted by atomic mass is 16.5. The molecule has 0 aliphatic carbocycles. The number of ether oxygens (including phenoxy) is 1. The molecule has 2 aliphatic heterocycles. The zero-order valence-corrected chi connectivity index (χ0v) is 15.2. The number of nitrogens with zero attached hydrogens (tertiary/aromatic N) is 3. The molecule has 0 aromatic carbocycles. The van der Waals surface area contributed by atoms with Gasteiger partial charge < -0.3 is 14.1 Å². The number of piperidine rings is 1. The minimum atomic E-state index is -0.279. The first-order valence-electron chi connectivity index (χ1n) is 9.25. The van der Waals surface area contributed by atoms with Crippen LogP contribution in [0.1, 0.15) is 34.7 Å². The largest absolute Gasteiger partial charge is 0.469 e. The third-order valence-electron chi connectivity index (χ3n) is 5.36. The Morgan fingerprint density at radius 3 is 2.96 bits per heavy atom. The Hall–Kier alpha value is -2.18. The molecule has 0 bridgehead atoms. The first-order valence-corrected chi connectivity index (χ1v) is 9.25. The smallest absolute Gasteiger partial charge is 0.257 e. The number of furan rings is 1. The average Bonchev–Trinajstić information content (AvgIpc) is 3.08. The van der Waals surface area contributed by atoms with E-state index in [1.54, 1.807) is 12.3 Å². The van der Waals surface area contributed by atoms with Gasteiger partial charge in [-0.2, -0.15) is 0 Å². The van der Waals surface area contributed by atoms with Gasteiger partial charge in [-0.05, 0) is 44.5 Å². The molecule has 6 heteroatoms. The van der Waals surface area contributed by atoms with E-state index in [1.165, 1.54) is 0 Å². The van der Waals surface area contributed by atoms with Gasteiger partial charge in [-0.15, -0.1) is 0 Å². The van der Waals surface area contributed by atoms with E-state index < -0.39 is 0 Å². The number of likely N-dealkylation sites (tertiary alicyclic amines) is 1. The lowest BCUT2D eigenvalue weighted by Gasteiger charge is -2.48.